The summed E-state index contributed by atoms with van der Waals surface area (Å²) in [5.41, 5.74) is 0. The van der Waals surface area contributed by atoms with Crippen LogP contribution in [-0.4, -0.2) is 30.7 Å². The van der Waals surface area contributed by atoms with Gasteiger partial charge in [0.05, 0.1) is 26.2 Å². The molecule has 0 aromatic rings. The van der Waals surface area contributed by atoms with Gasteiger partial charge in [0, 0.05) is 0 Å². The van der Waals surface area contributed by atoms with Gasteiger partial charge in [-0.25, -0.2) is 0 Å². The molecule has 232 valence electrons. The molecule has 0 fully saturated rings. The lowest BCUT2D eigenvalue weighted by molar-refractivity contribution is -0.917. The first-order valence-electron chi connectivity index (χ1n) is 18.3. The summed E-state index contributed by atoms with van der Waals surface area (Å²) in [6.07, 6.45) is 44.6. The van der Waals surface area contributed by atoms with Crippen LogP contribution in [0.2, 0.25) is 0 Å². The van der Waals surface area contributed by atoms with Crippen molar-refractivity contribution in [2.24, 2.45) is 0 Å². The summed E-state index contributed by atoms with van der Waals surface area (Å²) in [7, 11) is 0. The maximum atomic E-state index is 4.11. The van der Waals surface area contributed by atoms with E-state index in [9.17, 15) is 0 Å². The number of rotatable bonds is 34. The molecule has 1 heteroatoms. The quantitative estimate of drug-likeness (QED) is 0.0427. The largest absolute Gasteiger partial charge is 0.317 e. The predicted octanol–water partition coefficient (Wildman–Crippen LogP) is 13.1. The fourth-order valence-electron chi connectivity index (χ4n) is 6.38. The van der Waals surface area contributed by atoms with Crippen LogP contribution in [0.15, 0.2) is 25.3 Å². The molecular formula is C38H76N+. The Balaban J connectivity index is 3.79. The molecule has 0 aromatic carbocycles. The summed E-state index contributed by atoms with van der Waals surface area (Å²) in [5, 5.41) is 0. The van der Waals surface area contributed by atoms with Gasteiger partial charge in [-0.3, -0.25) is 0 Å². The van der Waals surface area contributed by atoms with E-state index in [1.165, 1.54) is 197 Å². The number of hydrogen-bond donors (Lipinski definition) is 0. The highest BCUT2D eigenvalue weighted by Crippen LogP contribution is 2.18. The highest BCUT2D eigenvalue weighted by Gasteiger charge is 2.23. The Morgan fingerprint density at radius 3 is 0.744 bits per heavy atom. The Kier molecular flexibility index (Phi) is 31.5. The Morgan fingerprint density at radius 2 is 0.538 bits per heavy atom. The van der Waals surface area contributed by atoms with E-state index >= 15 is 0 Å². The predicted molar refractivity (Wildman–Crippen MR) is 181 cm³/mol. The van der Waals surface area contributed by atoms with Crippen molar-refractivity contribution in [3.63, 3.8) is 0 Å². The van der Waals surface area contributed by atoms with Crippen molar-refractivity contribution in [3.8, 4) is 0 Å². The van der Waals surface area contributed by atoms with E-state index in [4.69, 9.17) is 0 Å². The van der Waals surface area contributed by atoms with E-state index in [2.05, 4.69) is 39.2 Å². The highest BCUT2D eigenvalue weighted by atomic mass is 15.3. The Labute approximate surface area is 249 Å². The van der Waals surface area contributed by atoms with Crippen LogP contribution in [0, 0.1) is 0 Å². The van der Waals surface area contributed by atoms with Gasteiger partial charge in [-0.15, -0.1) is 0 Å². The standard InChI is InChI=1S/C38H76N/c1-5-9-11-13-15-17-19-21-23-25-27-29-31-33-37-39(35-7-3,36-8-4)38-34-32-30-28-26-24-22-20-18-16-14-12-10-6-2/h7-8H,3-6,9-38H2,1-2H3/q+1. The number of nitrogens with zero attached hydrogens (tertiary/aromatic N) is 1. The van der Waals surface area contributed by atoms with Crippen molar-refractivity contribution in [2.45, 2.75) is 194 Å². The first kappa shape index (κ1) is 38.4. The van der Waals surface area contributed by atoms with E-state index in [0.717, 1.165) is 13.1 Å². The summed E-state index contributed by atoms with van der Waals surface area (Å²) in [4.78, 5) is 0. The molecular weight excluding hydrogens is 470 g/mol. The van der Waals surface area contributed by atoms with Crippen molar-refractivity contribution in [3.05, 3.63) is 25.3 Å². The van der Waals surface area contributed by atoms with Gasteiger partial charge in [0.25, 0.3) is 0 Å². The minimum Gasteiger partial charge on any atom is -0.317 e. The first-order valence-corrected chi connectivity index (χ1v) is 18.3. The lowest BCUT2D eigenvalue weighted by atomic mass is 10.0. The third-order valence-corrected chi connectivity index (χ3v) is 9.00. The van der Waals surface area contributed by atoms with Crippen molar-refractivity contribution < 1.29 is 4.48 Å². The molecule has 0 aromatic heterocycles. The minimum atomic E-state index is 1.11. The van der Waals surface area contributed by atoms with Gasteiger partial charge in [-0.05, 0) is 37.8 Å². The second-order valence-electron chi connectivity index (χ2n) is 12.9. The second-order valence-corrected chi connectivity index (χ2v) is 12.9. The molecule has 0 rings (SSSR count). The van der Waals surface area contributed by atoms with Crippen LogP contribution < -0.4 is 0 Å². The fraction of sp³-hybridized carbons (Fsp3) is 0.895. The van der Waals surface area contributed by atoms with Gasteiger partial charge in [0.1, 0.15) is 0 Å². The SMILES string of the molecule is C=CC[N+](CC=C)(CCCCCCCCCCCCCCCC)CCCCCCCCCCCCCCCC. The second kappa shape index (κ2) is 32.0. The van der Waals surface area contributed by atoms with Crippen LogP contribution >= 0.6 is 0 Å². The van der Waals surface area contributed by atoms with Crippen LogP contribution in [-0.2, 0) is 0 Å². The fourth-order valence-corrected chi connectivity index (χ4v) is 6.38. The molecule has 0 N–H and O–H groups in total. The molecule has 0 spiro atoms. The highest BCUT2D eigenvalue weighted by molar-refractivity contribution is 4.72. The Hall–Kier alpha value is -0.560. The molecule has 1 nitrogen and oxygen atoms in total. The first-order chi connectivity index (χ1) is 19.2. The van der Waals surface area contributed by atoms with Gasteiger partial charge in [-0.1, -0.05) is 181 Å². The third kappa shape index (κ3) is 27.4. The molecule has 0 aliphatic heterocycles. The van der Waals surface area contributed by atoms with E-state index in [1.54, 1.807) is 0 Å². The molecule has 39 heavy (non-hydrogen) atoms. The van der Waals surface area contributed by atoms with E-state index < -0.39 is 0 Å². The molecule has 0 aliphatic rings. The van der Waals surface area contributed by atoms with Crippen LogP contribution in [0.1, 0.15) is 194 Å². The monoisotopic (exact) mass is 547 g/mol. The van der Waals surface area contributed by atoms with Crippen LogP contribution in [0.25, 0.3) is 0 Å². The third-order valence-electron chi connectivity index (χ3n) is 9.00. The maximum Gasteiger partial charge on any atom is 0.0973 e. The van der Waals surface area contributed by atoms with E-state index in [-0.39, 0.29) is 0 Å². The zero-order valence-electron chi connectivity index (χ0n) is 27.6. The Morgan fingerprint density at radius 1 is 0.333 bits per heavy atom. The molecule has 0 saturated heterocycles. The number of hydrogen-bond acceptors (Lipinski definition) is 0. The molecule has 0 amide bonds. The molecule has 0 radical (unpaired) electrons. The van der Waals surface area contributed by atoms with Crippen LogP contribution in [0.4, 0.5) is 0 Å². The van der Waals surface area contributed by atoms with Crippen molar-refractivity contribution in [1.82, 2.24) is 0 Å². The van der Waals surface area contributed by atoms with Gasteiger partial charge in [-0.2, -0.15) is 0 Å². The minimum absolute atomic E-state index is 1.11. The normalized spacial score (nSPS) is 11.7. The van der Waals surface area contributed by atoms with E-state index in [1.807, 2.05) is 0 Å². The summed E-state index contributed by atoms with van der Waals surface area (Å²) >= 11 is 0. The average Bonchev–Trinajstić information content (AvgIpc) is 2.93. The summed E-state index contributed by atoms with van der Waals surface area (Å²) < 4.78 is 1.20. The summed E-state index contributed by atoms with van der Waals surface area (Å²) in [6, 6.07) is 0. The number of quaternary nitrogens is 1. The lowest BCUT2D eigenvalue weighted by Crippen LogP contribution is -2.49. The van der Waals surface area contributed by atoms with Gasteiger partial charge in [0.15, 0.2) is 0 Å². The van der Waals surface area contributed by atoms with Crippen molar-refractivity contribution >= 4 is 0 Å². The van der Waals surface area contributed by atoms with Crippen molar-refractivity contribution in [2.75, 3.05) is 26.2 Å². The molecule has 0 heterocycles. The molecule has 0 unspecified atom stereocenters. The maximum absolute atomic E-state index is 4.11. The lowest BCUT2D eigenvalue weighted by Gasteiger charge is -2.37. The zero-order chi connectivity index (χ0) is 28.5. The van der Waals surface area contributed by atoms with Gasteiger partial charge in [0.2, 0.25) is 0 Å². The zero-order valence-corrected chi connectivity index (χ0v) is 27.6. The summed E-state index contributed by atoms with van der Waals surface area (Å²) in [6.45, 7) is 17.7. The molecule has 0 bridgehead atoms. The van der Waals surface area contributed by atoms with Gasteiger partial charge >= 0.3 is 0 Å². The van der Waals surface area contributed by atoms with E-state index in [0.29, 0.717) is 0 Å². The number of unbranched alkanes of at least 4 members (excludes halogenated alkanes) is 26. The van der Waals surface area contributed by atoms with Gasteiger partial charge < -0.3 is 4.48 Å². The van der Waals surface area contributed by atoms with Crippen molar-refractivity contribution in [1.29, 1.82) is 0 Å². The van der Waals surface area contributed by atoms with Crippen LogP contribution in [0.5, 0.6) is 0 Å². The molecule has 0 saturated carbocycles. The van der Waals surface area contributed by atoms with Crippen LogP contribution in [0.3, 0.4) is 0 Å². The molecule has 0 aliphatic carbocycles. The summed E-state index contributed by atoms with van der Waals surface area (Å²) in [5.74, 6) is 0. The smallest absolute Gasteiger partial charge is 0.0973 e. The topological polar surface area (TPSA) is 0 Å². The average molecular weight is 547 g/mol. The Bertz CT molecular complexity index is 437. The molecule has 0 atom stereocenters.